The lowest BCUT2D eigenvalue weighted by Crippen LogP contribution is -2.00. The third-order valence-electron chi connectivity index (χ3n) is 3.95. The van der Waals surface area contributed by atoms with Crippen LogP contribution in [0.1, 0.15) is 16.8 Å². The fourth-order valence-corrected chi connectivity index (χ4v) is 2.83. The van der Waals surface area contributed by atoms with Gasteiger partial charge in [-0.3, -0.25) is 4.68 Å². The lowest BCUT2D eigenvalue weighted by molar-refractivity contribution is 0.475. The number of pyridine rings is 1. The van der Waals surface area contributed by atoms with Crippen molar-refractivity contribution < 1.29 is 5.11 Å². The molecule has 0 aliphatic rings. The largest absolute Gasteiger partial charge is 0.508 e. The summed E-state index contributed by atoms with van der Waals surface area (Å²) < 4.78 is 1.70. The number of aromatic nitrogens is 3. The number of hydrogen-bond donors (Lipinski definition) is 2. The second-order valence-electron chi connectivity index (χ2n) is 5.73. The van der Waals surface area contributed by atoms with E-state index in [0.717, 1.165) is 22.4 Å². The maximum absolute atomic E-state index is 9.59. The van der Waals surface area contributed by atoms with Crippen LogP contribution in [-0.4, -0.2) is 19.9 Å². The summed E-state index contributed by atoms with van der Waals surface area (Å²) in [5.74, 6) is 0.377. The maximum Gasteiger partial charge on any atom is 0.142 e. The van der Waals surface area contributed by atoms with Gasteiger partial charge in [0.25, 0.3) is 0 Å². The van der Waals surface area contributed by atoms with Crippen molar-refractivity contribution in [3.63, 3.8) is 0 Å². The Labute approximate surface area is 139 Å². The monoisotopic (exact) mass is 319 g/mol. The van der Waals surface area contributed by atoms with E-state index < -0.39 is 0 Å². The first-order valence-electron chi connectivity index (χ1n) is 7.42. The summed E-state index contributed by atoms with van der Waals surface area (Å²) >= 11 is 0. The van der Waals surface area contributed by atoms with Crippen LogP contribution in [0.4, 0.5) is 5.82 Å². The molecule has 120 valence electrons. The summed E-state index contributed by atoms with van der Waals surface area (Å²) in [5, 5.41) is 23.4. The van der Waals surface area contributed by atoms with Gasteiger partial charge >= 0.3 is 0 Å². The Morgan fingerprint density at radius 2 is 1.92 bits per heavy atom. The van der Waals surface area contributed by atoms with Gasteiger partial charge in [0.2, 0.25) is 0 Å². The fourth-order valence-electron chi connectivity index (χ4n) is 2.83. The van der Waals surface area contributed by atoms with Crippen molar-refractivity contribution in [1.82, 2.24) is 14.8 Å². The summed E-state index contributed by atoms with van der Waals surface area (Å²) in [6.07, 6.45) is 1.86. The Morgan fingerprint density at radius 3 is 2.50 bits per heavy atom. The first kappa shape index (κ1) is 15.6. The van der Waals surface area contributed by atoms with Gasteiger partial charge in [0.1, 0.15) is 23.2 Å². The van der Waals surface area contributed by atoms with E-state index in [4.69, 9.17) is 5.73 Å². The third-order valence-corrected chi connectivity index (χ3v) is 3.95. The Morgan fingerprint density at radius 1 is 1.17 bits per heavy atom. The molecule has 3 aromatic rings. The number of phenols is 1. The summed E-state index contributed by atoms with van der Waals surface area (Å²) in [6.45, 7) is 3.78. The van der Waals surface area contributed by atoms with Crippen LogP contribution >= 0.6 is 0 Å². The van der Waals surface area contributed by atoms with Crippen molar-refractivity contribution in [3.8, 4) is 34.2 Å². The molecule has 0 aliphatic carbocycles. The first-order valence-corrected chi connectivity index (χ1v) is 7.42. The highest BCUT2D eigenvalue weighted by atomic mass is 16.3. The van der Waals surface area contributed by atoms with Crippen LogP contribution in [0.25, 0.3) is 22.4 Å². The van der Waals surface area contributed by atoms with Crippen molar-refractivity contribution in [2.24, 2.45) is 7.05 Å². The van der Waals surface area contributed by atoms with E-state index in [1.54, 1.807) is 22.9 Å². The molecular formula is C18H17N5O. The zero-order chi connectivity index (χ0) is 17.4. The van der Waals surface area contributed by atoms with Crippen molar-refractivity contribution >= 4 is 5.82 Å². The van der Waals surface area contributed by atoms with Crippen LogP contribution in [0.5, 0.6) is 5.75 Å². The summed E-state index contributed by atoms with van der Waals surface area (Å²) in [5.41, 5.74) is 11.1. The molecule has 1 aromatic carbocycles. The molecule has 0 amide bonds. The van der Waals surface area contributed by atoms with Gasteiger partial charge in [0, 0.05) is 29.9 Å². The van der Waals surface area contributed by atoms with Gasteiger partial charge in [-0.15, -0.1) is 0 Å². The number of phenolic OH excluding ortho intramolecular Hbond substituents is 1. The van der Waals surface area contributed by atoms with E-state index in [1.165, 1.54) is 0 Å². The molecule has 6 heteroatoms. The molecule has 0 saturated carbocycles. The van der Waals surface area contributed by atoms with Crippen LogP contribution in [0, 0.1) is 25.2 Å². The van der Waals surface area contributed by atoms with Crippen LogP contribution in [0.3, 0.4) is 0 Å². The van der Waals surface area contributed by atoms with E-state index in [-0.39, 0.29) is 11.6 Å². The average molecular weight is 319 g/mol. The number of nitrogens with zero attached hydrogens (tertiary/aromatic N) is 4. The molecule has 0 atom stereocenters. The second-order valence-corrected chi connectivity index (χ2v) is 5.73. The Kier molecular flexibility index (Phi) is 3.70. The molecule has 24 heavy (non-hydrogen) atoms. The SMILES string of the molecule is Cc1cc(O)ccc1-c1cc(-c2cn(C)nc2C)c(C#N)c(N)n1. The lowest BCUT2D eigenvalue weighted by atomic mass is 9.97. The van der Waals surface area contributed by atoms with Crippen LogP contribution in [-0.2, 0) is 7.05 Å². The predicted molar refractivity (Wildman–Crippen MR) is 92.1 cm³/mol. The number of nitriles is 1. The molecule has 0 aliphatic heterocycles. The molecule has 0 saturated heterocycles. The first-order chi connectivity index (χ1) is 11.4. The smallest absolute Gasteiger partial charge is 0.142 e. The Bertz CT molecular complexity index is 982. The summed E-state index contributed by atoms with van der Waals surface area (Å²) in [6, 6.07) is 9.04. The minimum atomic E-state index is 0.181. The Hall–Kier alpha value is -3.33. The van der Waals surface area contributed by atoms with Crippen LogP contribution in [0.15, 0.2) is 30.5 Å². The number of anilines is 1. The number of aromatic hydroxyl groups is 1. The number of nitrogen functional groups attached to an aromatic ring is 1. The Balaban J connectivity index is 2.28. The van der Waals surface area contributed by atoms with Gasteiger partial charge in [-0.1, -0.05) is 0 Å². The number of nitrogens with two attached hydrogens (primary N) is 1. The molecule has 6 nitrogen and oxygen atoms in total. The predicted octanol–water partition coefficient (Wildman–Crippen LogP) is 2.93. The normalized spacial score (nSPS) is 10.6. The summed E-state index contributed by atoms with van der Waals surface area (Å²) in [7, 11) is 1.83. The minimum Gasteiger partial charge on any atom is -0.508 e. The molecule has 0 radical (unpaired) electrons. The number of hydrogen-bond acceptors (Lipinski definition) is 5. The molecule has 0 fully saturated rings. The van der Waals surface area contributed by atoms with E-state index in [9.17, 15) is 10.4 Å². The maximum atomic E-state index is 9.59. The van der Waals surface area contributed by atoms with Gasteiger partial charge in [0.05, 0.1) is 11.4 Å². The molecule has 3 N–H and O–H groups in total. The molecule has 2 heterocycles. The third kappa shape index (κ3) is 2.57. The van der Waals surface area contributed by atoms with Gasteiger partial charge < -0.3 is 10.8 Å². The van der Waals surface area contributed by atoms with E-state index in [1.807, 2.05) is 33.2 Å². The number of benzene rings is 1. The molecule has 0 bridgehead atoms. The number of aryl methyl sites for hydroxylation is 3. The van der Waals surface area contributed by atoms with Gasteiger partial charge in [0.15, 0.2) is 0 Å². The van der Waals surface area contributed by atoms with E-state index in [2.05, 4.69) is 16.2 Å². The zero-order valence-electron chi connectivity index (χ0n) is 13.7. The topological polar surface area (TPSA) is 101 Å². The van der Waals surface area contributed by atoms with Crippen molar-refractivity contribution in [1.29, 1.82) is 5.26 Å². The minimum absolute atomic E-state index is 0.181. The highest BCUT2D eigenvalue weighted by Crippen LogP contribution is 2.34. The molecule has 0 spiro atoms. The lowest BCUT2D eigenvalue weighted by Gasteiger charge is -2.11. The quantitative estimate of drug-likeness (QED) is 0.756. The number of rotatable bonds is 2. The van der Waals surface area contributed by atoms with Crippen molar-refractivity contribution in [2.75, 3.05) is 5.73 Å². The standard InChI is InChI=1S/C18H17N5O/c1-10-6-12(24)4-5-13(10)17-7-14(15(8-19)18(20)21-17)16-9-23(3)22-11(16)2/h4-7,9,24H,1-3H3,(H2,20,21). The van der Waals surface area contributed by atoms with Crippen molar-refractivity contribution in [2.45, 2.75) is 13.8 Å². The zero-order valence-corrected chi connectivity index (χ0v) is 13.7. The van der Waals surface area contributed by atoms with E-state index >= 15 is 0 Å². The molecule has 0 unspecified atom stereocenters. The highest BCUT2D eigenvalue weighted by Gasteiger charge is 2.17. The molecule has 3 rings (SSSR count). The molecule has 2 aromatic heterocycles. The van der Waals surface area contributed by atoms with E-state index in [0.29, 0.717) is 16.8 Å². The van der Waals surface area contributed by atoms with Gasteiger partial charge in [-0.2, -0.15) is 10.4 Å². The highest BCUT2D eigenvalue weighted by molar-refractivity contribution is 5.81. The fraction of sp³-hybridized carbons (Fsp3) is 0.167. The van der Waals surface area contributed by atoms with Crippen LogP contribution in [0.2, 0.25) is 0 Å². The molecular weight excluding hydrogens is 302 g/mol. The average Bonchev–Trinajstić information content (AvgIpc) is 2.85. The van der Waals surface area contributed by atoms with Gasteiger partial charge in [-0.05, 0) is 43.7 Å². The summed E-state index contributed by atoms with van der Waals surface area (Å²) in [4.78, 5) is 4.37. The van der Waals surface area contributed by atoms with Gasteiger partial charge in [-0.25, -0.2) is 4.98 Å². The van der Waals surface area contributed by atoms with Crippen LogP contribution < -0.4 is 5.73 Å². The second kappa shape index (κ2) is 5.70. The van der Waals surface area contributed by atoms with Crippen molar-refractivity contribution in [3.05, 3.63) is 47.3 Å².